The van der Waals surface area contributed by atoms with Crippen LogP contribution >= 0.6 is 23.8 Å². The Morgan fingerprint density at radius 3 is 2.50 bits per heavy atom. The van der Waals surface area contributed by atoms with Crippen LogP contribution in [-0.2, 0) is 0 Å². The van der Waals surface area contributed by atoms with Gasteiger partial charge in [-0.25, -0.2) is 0 Å². The average Bonchev–Trinajstić information content (AvgIpc) is 2.29. The Morgan fingerprint density at radius 1 is 1.33 bits per heavy atom. The first-order chi connectivity index (χ1) is 8.49. The molecule has 0 aliphatic carbocycles. The fourth-order valence-electron chi connectivity index (χ4n) is 1.51. The second-order valence-electron chi connectivity index (χ2n) is 4.63. The molecule has 0 saturated heterocycles. The standard InChI is InChI=1S/C13H20ClN3S/c1-10(11-4-6-12(14)7-5-11)16-13(18)15-8-9-17(2)3/h4-7,10H,8-9H2,1-3H3,(H2,15,16,18)/p+1/t10-/m1/s1. The highest BCUT2D eigenvalue weighted by Crippen LogP contribution is 2.15. The summed E-state index contributed by atoms with van der Waals surface area (Å²) < 4.78 is 0. The molecule has 0 heterocycles. The fraction of sp³-hybridized carbons (Fsp3) is 0.462. The van der Waals surface area contributed by atoms with Gasteiger partial charge in [0.05, 0.1) is 33.2 Å². The van der Waals surface area contributed by atoms with Crippen LogP contribution < -0.4 is 15.5 Å². The molecule has 1 rings (SSSR count). The van der Waals surface area contributed by atoms with Gasteiger partial charge in [0, 0.05) is 5.02 Å². The van der Waals surface area contributed by atoms with E-state index in [1.165, 1.54) is 10.5 Å². The summed E-state index contributed by atoms with van der Waals surface area (Å²) in [6.45, 7) is 3.99. The molecule has 0 aliphatic heterocycles. The monoisotopic (exact) mass is 286 g/mol. The summed E-state index contributed by atoms with van der Waals surface area (Å²) in [5.41, 5.74) is 1.17. The minimum absolute atomic E-state index is 0.175. The Kier molecular flexibility index (Phi) is 6.39. The molecule has 1 atom stereocenters. The maximum absolute atomic E-state index is 5.86. The smallest absolute Gasteiger partial charge is 0.166 e. The summed E-state index contributed by atoms with van der Waals surface area (Å²) in [5.74, 6) is 0. The molecule has 3 N–H and O–H groups in total. The SMILES string of the molecule is C[C@@H](NC(=S)NCC[NH+](C)C)c1ccc(Cl)cc1. The number of thiocarbonyl (C=S) groups is 1. The molecule has 0 fully saturated rings. The molecule has 0 amide bonds. The number of nitrogens with one attached hydrogen (secondary N) is 3. The molecule has 1 aromatic rings. The predicted octanol–water partition coefficient (Wildman–Crippen LogP) is 1.01. The second kappa shape index (κ2) is 7.56. The summed E-state index contributed by atoms with van der Waals surface area (Å²) in [6.07, 6.45) is 0. The summed E-state index contributed by atoms with van der Waals surface area (Å²) >= 11 is 11.1. The quantitative estimate of drug-likeness (QED) is 0.706. The Morgan fingerprint density at radius 2 is 1.94 bits per heavy atom. The summed E-state index contributed by atoms with van der Waals surface area (Å²) in [6, 6.07) is 7.97. The Labute approximate surface area is 120 Å². The topological polar surface area (TPSA) is 28.5 Å². The predicted molar refractivity (Wildman–Crippen MR) is 81.3 cm³/mol. The number of likely N-dealkylation sites (N-methyl/N-ethyl adjacent to an activating group) is 1. The second-order valence-corrected chi connectivity index (χ2v) is 5.48. The molecule has 100 valence electrons. The molecule has 0 radical (unpaired) electrons. The van der Waals surface area contributed by atoms with Gasteiger partial charge in [-0.1, -0.05) is 23.7 Å². The van der Waals surface area contributed by atoms with Crippen molar-refractivity contribution in [3.63, 3.8) is 0 Å². The molecular formula is C13H21ClN3S+. The van der Waals surface area contributed by atoms with Crippen LogP contribution in [0.5, 0.6) is 0 Å². The van der Waals surface area contributed by atoms with E-state index in [-0.39, 0.29) is 6.04 Å². The van der Waals surface area contributed by atoms with Crippen LogP contribution in [0.4, 0.5) is 0 Å². The molecule has 0 unspecified atom stereocenters. The van der Waals surface area contributed by atoms with Gasteiger partial charge < -0.3 is 15.5 Å². The number of quaternary nitrogens is 1. The lowest BCUT2D eigenvalue weighted by molar-refractivity contribution is -0.856. The minimum Gasteiger partial charge on any atom is -0.357 e. The van der Waals surface area contributed by atoms with E-state index in [0.29, 0.717) is 5.11 Å². The van der Waals surface area contributed by atoms with Crippen LogP contribution in [0.15, 0.2) is 24.3 Å². The normalized spacial score (nSPS) is 12.3. The average molecular weight is 287 g/mol. The maximum Gasteiger partial charge on any atom is 0.166 e. The van der Waals surface area contributed by atoms with Crippen molar-refractivity contribution < 1.29 is 4.90 Å². The van der Waals surface area contributed by atoms with E-state index in [1.807, 2.05) is 24.3 Å². The van der Waals surface area contributed by atoms with E-state index >= 15 is 0 Å². The van der Waals surface area contributed by atoms with Crippen molar-refractivity contribution in [1.29, 1.82) is 0 Å². The lowest BCUT2D eigenvalue weighted by Crippen LogP contribution is -3.06. The van der Waals surface area contributed by atoms with Gasteiger partial charge in [0.15, 0.2) is 5.11 Å². The third kappa shape index (κ3) is 5.67. The van der Waals surface area contributed by atoms with Crippen LogP contribution in [0, 0.1) is 0 Å². The third-order valence-electron chi connectivity index (χ3n) is 2.63. The van der Waals surface area contributed by atoms with Crippen LogP contribution in [0.2, 0.25) is 5.02 Å². The summed E-state index contributed by atoms with van der Waals surface area (Å²) in [4.78, 5) is 1.40. The summed E-state index contributed by atoms with van der Waals surface area (Å²) in [7, 11) is 4.24. The Balaban J connectivity index is 2.37. The Bertz CT molecular complexity index is 378. The first-order valence-corrected chi connectivity index (χ1v) is 6.86. The third-order valence-corrected chi connectivity index (χ3v) is 3.14. The number of rotatable bonds is 5. The van der Waals surface area contributed by atoms with Crippen molar-refractivity contribution in [3.05, 3.63) is 34.9 Å². The van der Waals surface area contributed by atoms with E-state index < -0.39 is 0 Å². The molecule has 1 aromatic carbocycles. The van der Waals surface area contributed by atoms with Gasteiger partial charge in [-0.15, -0.1) is 0 Å². The zero-order valence-electron chi connectivity index (χ0n) is 11.1. The van der Waals surface area contributed by atoms with Crippen LogP contribution in [0.3, 0.4) is 0 Å². The van der Waals surface area contributed by atoms with E-state index in [1.54, 1.807) is 0 Å². The summed E-state index contributed by atoms with van der Waals surface area (Å²) in [5, 5.41) is 7.90. The zero-order chi connectivity index (χ0) is 13.5. The van der Waals surface area contributed by atoms with Crippen LogP contribution in [-0.4, -0.2) is 32.3 Å². The number of hydrogen-bond donors (Lipinski definition) is 3. The minimum atomic E-state index is 0.175. The van der Waals surface area contributed by atoms with Crippen molar-refractivity contribution in [1.82, 2.24) is 10.6 Å². The highest BCUT2D eigenvalue weighted by molar-refractivity contribution is 7.80. The largest absolute Gasteiger partial charge is 0.357 e. The van der Waals surface area contributed by atoms with Gasteiger partial charge in [0.2, 0.25) is 0 Å². The lowest BCUT2D eigenvalue weighted by Gasteiger charge is -2.17. The number of hydrogen-bond acceptors (Lipinski definition) is 1. The van der Waals surface area contributed by atoms with Gasteiger partial charge in [0.25, 0.3) is 0 Å². The van der Waals surface area contributed by atoms with E-state index in [2.05, 4.69) is 31.7 Å². The van der Waals surface area contributed by atoms with Gasteiger partial charge in [-0.05, 0) is 36.8 Å². The van der Waals surface area contributed by atoms with Crippen molar-refractivity contribution in [3.8, 4) is 0 Å². The molecular weight excluding hydrogens is 266 g/mol. The van der Waals surface area contributed by atoms with E-state index in [4.69, 9.17) is 23.8 Å². The van der Waals surface area contributed by atoms with Crippen LogP contribution in [0.25, 0.3) is 0 Å². The number of benzene rings is 1. The molecule has 18 heavy (non-hydrogen) atoms. The molecule has 3 nitrogen and oxygen atoms in total. The van der Waals surface area contributed by atoms with Gasteiger partial charge >= 0.3 is 0 Å². The van der Waals surface area contributed by atoms with Crippen molar-refractivity contribution in [2.75, 3.05) is 27.2 Å². The number of halogens is 1. The van der Waals surface area contributed by atoms with Gasteiger partial charge in [-0.2, -0.15) is 0 Å². The Hall–Kier alpha value is -0.840. The lowest BCUT2D eigenvalue weighted by atomic mass is 10.1. The first-order valence-electron chi connectivity index (χ1n) is 6.08. The molecule has 0 spiro atoms. The highest BCUT2D eigenvalue weighted by atomic mass is 35.5. The van der Waals surface area contributed by atoms with Gasteiger partial charge in [-0.3, -0.25) is 0 Å². The van der Waals surface area contributed by atoms with E-state index in [0.717, 1.165) is 18.1 Å². The molecule has 0 aromatic heterocycles. The van der Waals surface area contributed by atoms with Crippen molar-refractivity contribution in [2.24, 2.45) is 0 Å². The van der Waals surface area contributed by atoms with Crippen LogP contribution in [0.1, 0.15) is 18.5 Å². The van der Waals surface area contributed by atoms with Gasteiger partial charge in [0.1, 0.15) is 0 Å². The highest BCUT2D eigenvalue weighted by Gasteiger charge is 2.06. The molecule has 0 bridgehead atoms. The fourth-order valence-corrected chi connectivity index (χ4v) is 1.91. The van der Waals surface area contributed by atoms with Crippen molar-refractivity contribution >= 4 is 28.9 Å². The zero-order valence-corrected chi connectivity index (χ0v) is 12.7. The molecule has 0 aliphatic rings. The molecule has 5 heteroatoms. The van der Waals surface area contributed by atoms with Crippen molar-refractivity contribution in [2.45, 2.75) is 13.0 Å². The van der Waals surface area contributed by atoms with E-state index in [9.17, 15) is 0 Å². The maximum atomic E-state index is 5.86. The first kappa shape index (κ1) is 15.2. The molecule has 0 saturated carbocycles.